The Morgan fingerprint density at radius 2 is 1.95 bits per heavy atom. The number of thiazole rings is 1. The average molecular weight is 546 g/mol. The summed E-state index contributed by atoms with van der Waals surface area (Å²) in [6.45, 7) is 2.35. The zero-order valence-corrected chi connectivity index (χ0v) is 21.7. The van der Waals surface area contributed by atoms with Gasteiger partial charge in [-0.05, 0) is 55.2 Å². The molecule has 0 atom stereocenters. The van der Waals surface area contributed by atoms with Crippen LogP contribution in [0.5, 0.6) is 0 Å². The third kappa shape index (κ3) is 5.03. The van der Waals surface area contributed by atoms with Crippen LogP contribution in [0.15, 0.2) is 64.1 Å². The molecule has 37 heavy (non-hydrogen) atoms. The predicted molar refractivity (Wildman–Crippen MR) is 137 cm³/mol. The molecule has 1 amide bonds. The van der Waals surface area contributed by atoms with Crippen LogP contribution < -0.4 is 4.90 Å². The molecule has 1 aliphatic rings. The summed E-state index contributed by atoms with van der Waals surface area (Å²) in [4.78, 5) is 19.6. The number of furan rings is 1. The lowest BCUT2D eigenvalue weighted by atomic mass is 9.96. The van der Waals surface area contributed by atoms with E-state index >= 15 is 0 Å². The molecule has 2 aromatic heterocycles. The van der Waals surface area contributed by atoms with Gasteiger partial charge in [0.25, 0.3) is 0 Å². The van der Waals surface area contributed by atoms with Crippen molar-refractivity contribution in [2.45, 2.75) is 37.6 Å². The molecule has 1 aliphatic heterocycles. The van der Waals surface area contributed by atoms with Crippen LogP contribution in [0.3, 0.4) is 0 Å². The number of anilines is 1. The zero-order chi connectivity index (χ0) is 26.2. The topological polar surface area (TPSA) is 83.7 Å². The van der Waals surface area contributed by atoms with E-state index in [4.69, 9.17) is 9.40 Å². The van der Waals surface area contributed by atoms with E-state index in [1.165, 1.54) is 11.3 Å². The number of aromatic nitrogens is 1. The fraction of sp³-hybridized carbons (Fsp3) is 0.308. The first-order chi connectivity index (χ1) is 17.8. The quantitative estimate of drug-likeness (QED) is 0.312. The van der Waals surface area contributed by atoms with Crippen molar-refractivity contribution >= 4 is 42.6 Å². The molecule has 2 aromatic carbocycles. The molecule has 0 aliphatic carbocycles. The van der Waals surface area contributed by atoms with E-state index < -0.39 is 32.5 Å². The fourth-order valence-corrected chi connectivity index (χ4v) is 7.11. The van der Waals surface area contributed by atoms with Gasteiger partial charge < -0.3 is 4.42 Å². The lowest BCUT2D eigenvalue weighted by Gasteiger charge is -2.32. The number of amides is 1. The van der Waals surface area contributed by atoms with Crippen molar-refractivity contribution in [3.8, 4) is 0 Å². The van der Waals surface area contributed by atoms with E-state index in [2.05, 4.69) is 6.92 Å². The third-order valence-electron chi connectivity index (χ3n) is 6.58. The number of hydrogen-bond acceptors (Lipinski definition) is 6. The second-order valence-corrected chi connectivity index (χ2v) is 11.8. The molecule has 0 radical (unpaired) electrons. The Morgan fingerprint density at radius 1 is 1.16 bits per heavy atom. The largest absolute Gasteiger partial charge is 0.467 e. The first kappa shape index (κ1) is 25.5. The van der Waals surface area contributed by atoms with Gasteiger partial charge in [-0.1, -0.05) is 30.4 Å². The first-order valence-electron chi connectivity index (χ1n) is 12.0. The number of carbonyl (C=O) groups is 1. The minimum absolute atomic E-state index is 0.0456. The molecular formula is C26H25F2N3O4S2. The average Bonchev–Trinajstić information content (AvgIpc) is 3.56. The Hall–Kier alpha value is -3.15. The highest BCUT2D eigenvalue weighted by Crippen LogP contribution is 2.34. The second kappa shape index (κ2) is 10.3. The molecule has 0 spiro atoms. The summed E-state index contributed by atoms with van der Waals surface area (Å²) >= 11 is 1.43. The summed E-state index contributed by atoms with van der Waals surface area (Å²) in [5.74, 6) is -1.99. The van der Waals surface area contributed by atoms with Crippen LogP contribution in [0.2, 0.25) is 0 Å². The van der Waals surface area contributed by atoms with Crippen LogP contribution in [0.1, 0.15) is 31.1 Å². The number of piperidine rings is 1. The maximum atomic E-state index is 14.2. The van der Waals surface area contributed by atoms with E-state index in [9.17, 15) is 22.0 Å². The van der Waals surface area contributed by atoms with Crippen LogP contribution in [0, 0.1) is 17.6 Å². The summed E-state index contributed by atoms with van der Waals surface area (Å²) in [5, 5.41) is 0.556. The van der Waals surface area contributed by atoms with Crippen LogP contribution in [-0.2, 0) is 27.8 Å². The number of rotatable bonds is 7. The van der Waals surface area contributed by atoms with Crippen molar-refractivity contribution in [2.24, 2.45) is 5.92 Å². The predicted octanol–water partition coefficient (Wildman–Crippen LogP) is 5.36. The Labute approximate surface area is 217 Å². The van der Waals surface area contributed by atoms with Crippen LogP contribution in [-0.4, -0.2) is 36.7 Å². The number of aryl methyl sites for hydroxylation is 1. The molecule has 0 bridgehead atoms. The Balaban J connectivity index is 1.38. The number of fused-ring (bicyclic) bond motifs is 1. The lowest BCUT2D eigenvalue weighted by Crippen LogP contribution is -2.44. The third-order valence-corrected chi connectivity index (χ3v) is 9.55. The van der Waals surface area contributed by atoms with Gasteiger partial charge in [0.2, 0.25) is 15.9 Å². The van der Waals surface area contributed by atoms with E-state index in [1.807, 2.05) is 18.2 Å². The Bertz CT molecular complexity index is 1530. The molecular weight excluding hydrogens is 520 g/mol. The van der Waals surface area contributed by atoms with Crippen molar-refractivity contribution < 1.29 is 26.4 Å². The first-order valence-corrected chi connectivity index (χ1v) is 14.2. The highest BCUT2D eigenvalue weighted by Gasteiger charge is 2.36. The van der Waals surface area contributed by atoms with Gasteiger partial charge in [0, 0.05) is 25.1 Å². The van der Waals surface area contributed by atoms with Gasteiger partial charge >= 0.3 is 0 Å². The van der Waals surface area contributed by atoms with Crippen molar-refractivity contribution in [3.05, 3.63) is 77.8 Å². The molecule has 0 unspecified atom stereocenters. The summed E-state index contributed by atoms with van der Waals surface area (Å²) in [6, 6.07) is 11.9. The standard InChI is InChI=1S/C26H25F2N3O4S2/c1-2-17-5-3-7-22-24(17)29-26(36-22)31(16-20-6-4-14-35-20)25(32)18-10-12-30(13-11-18)37(33,34)23-9-8-19(27)15-21(23)28/h3-9,14-15,18H,2,10-13,16H2,1H3. The van der Waals surface area contributed by atoms with Crippen molar-refractivity contribution in [3.63, 3.8) is 0 Å². The van der Waals surface area contributed by atoms with Crippen molar-refractivity contribution in [1.29, 1.82) is 0 Å². The molecule has 5 rings (SSSR count). The molecule has 194 valence electrons. The van der Waals surface area contributed by atoms with Gasteiger partial charge in [0.15, 0.2) is 5.13 Å². The van der Waals surface area contributed by atoms with Crippen molar-refractivity contribution in [1.82, 2.24) is 9.29 Å². The van der Waals surface area contributed by atoms with E-state index in [0.717, 1.165) is 38.6 Å². The monoisotopic (exact) mass is 545 g/mol. The second-order valence-electron chi connectivity index (χ2n) is 8.87. The Morgan fingerprint density at radius 3 is 2.62 bits per heavy atom. The van der Waals surface area contributed by atoms with E-state index in [-0.39, 0.29) is 38.4 Å². The minimum atomic E-state index is -4.16. The molecule has 7 nitrogen and oxygen atoms in total. The number of sulfonamides is 1. The number of hydrogen-bond donors (Lipinski definition) is 0. The number of para-hydroxylation sites is 1. The van der Waals surface area contributed by atoms with Crippen LogP contribution in [0.25, 0.3) is 10.2 Å². The van der Waals surface area contributed by atoms with Gasteiger partial charge in [0.1, 0.15) is 22.3 Å². The normalized spacial score (nSPS) is 15.3. The van der Waals surface area contributed by atoms with Crippen molar-refractivity contribution in [2.75, 3.05) is 18.0 Å². The molecule has 3 heterocycles. The van der Waals surface area contributed by atoms with Crippen LogP contribution >= 0.6 is 11.3 Å². The molecule has 0 N–H and O–H groups in total. The molecule has 4 aromatic rings. The molecule has 1 fully saturated rings. The number of carbonyl (C=O) groups excluding carboxylic acids is 1. The van der Waals surface area contributed by atoms with Gasteiger partial charge in [0.05, 0.1) is 23.0 Å². The highest BCUT2D eigenvalue weighted by atomic mass is 32.2. The SMILES string of the molecule is CCc1cccc2sc(N(Cc3ccco3)C(=O)C3CCN(S(=O)(=O)c4ccc(F)cc4F)CC3)nc12. The van der Waals surface area contributed by atoms with Gasteiger partial charge in [-0.15, -0.1) is 0 Å². The number of nitrogens with zero attached hydrogens (tertiary/aromatic N) is 3. The van der Waals surface area contributed by atoms with Gasteiger partial charge in [-0.3, -0.25) is 9.69 Å². The highest BCUT2D eigenvalue weighted by molar-refractivity contribution is 7.89. The van der Waals surface area contributed by atoms with E-state index in [1.54, 1.807) is 23.3 Å². The Kier molecular flexibility index (Phi) is 7.11. The van der Waals surface area contributed by atoms with Gasteiger partial charge in [-0.2, -0.15) is 4.31 Å². The van der Waals surface area contributed by atoms with E-state index in [0.29, 0.717) is 17.0 Å². The summed E-state index contributed by atoms with van der Waals surface area (Å²) < 4.78 is 61.1. The maximum Gasteiger partial charge on any atom is 0.245 e. The zero-order valence-electron chi connectivity index (χ0n) is 20.1. The van der Waals surface area contributed by atoms with Gasteiger partial charge in [-0.25, -0.2) is 22.2 Å². The summed E-state index contributed by atoms with van der Waals surface area (Å²) in [5.41, 5.74) is 1.96. The molecule has 11 heteroatoms. The lowest BCUT2D eigenvalue weighted by molar-refractivity contribution is -0.123. The minimum Gasteiger partial charge on any atom is -0.467 e. The number of halogens is 2. The molecule has 1 saturated heterocycles. The smallest absolute Gasteiger partial charge is 0.245 e. The summed E-state index contributed by atoms with van der Waals surface area (Å²) in [6.07, 6.45) is 2.89. The summed E-state index contributed by atoms with van der Waals surface area (Å²) in [7, 11) is -4.16. The molecule has 0 saturated carbocycles. The number of benzene rings is 2. The van der Waals surface area contributed by atoms with Crippen LogP contribution in [0.4, 0.5) is 13.9 Å². The maximum absolute atomic E-state index is 14.2. The fourth-order valence-electron chi connectivity index (χ4n) is 4.58.